The summed E-state index contributed by atoms with van der Waals surface area (Å²) in [5.74, 6) is -1.50. The molecule has 4 heteroatoms. The first-order valence-corrected chi connectivity index (χ1v) is 6.07. The van der Waals surface area contributed by atoms with Crippen LogP contribution in [0, 0.1) is 11.8 Å². The molecule has 1 unspecified atom stereocenters. The van der Waals surface area contributed by atoms with Crippen LogP contribution >= 0.6 is 0 Å². The fourth-order valence-corrected chi connectivity index (χ4v) is 2.08. The second-order valence-electron chi connectivity index (χ2n) is 4.51. The van der Waals surface area contributed by atoms with Crippen LogP contribution in [0.25, 0.3) is 0 Å². The molecule has 0 N–H and O–H groups in total. The maximum atomic E-state index is 12.5. The molecule has 0 bridgehead atoms. The SMILES string of the molecule is CCC(CC)(OC)C(=O)C(C(=O)OC)C(C)C. The number of hydrogen-bond donors (Lipinski definition) is 0. The van der Waals surface area contributed by atoms with Crippen LogP contribution in [0.3, 0.4) is 0 Å². The van der Waals surface area contributed by atoms with Gasteiger partial charge in [0, 0.05) is 7.11 Å². The highest BCUT2D eigenvalue weighted by Gasteiger charge is 2.44. The average Bonchev–Trinajstić information content (AvgIpc) is 2.31. The van der Waals surface area contributed by atoms with Crippen LogP contribution < -0.4 is 0 Å². The quantitative estimate of drug-likeness (QED) is 0.509. The number of ketones is 1. The van der Waals surface area contributed by atoms with Crippen molar-refractivity contribution in [3.8, 4) is 0 Å². The normalized spacial score (nSPS) is 13.6. The summed E-state index contributed by atoms with van der Waals surface area (Å²) in [5, 5.41) is 0. The highest BCUT2D eigenvalue weighted by atomic mass is 16.5. The number of rotatable bonds is 7. The van der Waals surface area contributed by atoms with Crippen LogP contribution in [0.2, 0.25) is 0 Å². The zero-order valence-electron chi connectivity index (χ0n) is 11.7. The van der Waals surface area contributed by atoms with Gasteiger partial charge in [-0.25, -0.2) is 0 Å². The molecule has 1 atom stereocenters. The monoisotopic (exact) mass is 244 g/mol. The molecule has 0 saturated heterocycles. The van der Waals surface area contributed by atoms with Crippen molar-refractivity contribution in [2.45, 2.75) is 46.1 Å². The number of esters is 1. The Morgan fingerprint density at radius 3 is 1.82 bits per heavy atom. The van der Waals surface area contributed by atoms with Gasteiger partial charge in [-0.1, -0.05) is 27.7 Å². The van der Waals surface area contributed by atoms with Crippen molar-refractivity contribution in [2.24, 2.45) is 11.8 Å². The van der Waals surface area contributed by atoms with Crippen molar-refractivity contribution >= 4 is 11.8 Å². The van der Waals surface area contributed by atoms with Crippen LogP contribution in [-0.2, 0) is 19.1 Å². The van der Waals surface area contributed by atoms with Gasteiger partial charge in [-0.2, -0.15) is 0 Å². The number of methoxy groups -OCH3 is 2. The van der Waals surface area contributed by atoms with E-state index in [0.29, 0.717) is 12.8 Å². The van der Waals surface area contributed by atoms with Gasteiger partial charge in [0.1, 0.15) is 11.5 Å². The maximum absolute atomic E-state index is 12.5. The third kappa shape index (κ3) is 3.28. The predicted molar refractivity (Wildman–Crippen MR) is 65.7 cm³/mol. The lowest BCUT2D eigenvalue weighted by Gasteiger charge is -2.32. The molecule has 0 aliphatic heterocycles. The standard InChI is InChI=1S/C13H24O4/c1-7-13(8-2,17-6)11(14)10(9(3)4)12(15)16-5/h9-10H,7-8H2,1-6H3. The molecule has 0 saturated carbocycles. The molecule has 0 aromatic carbocycles. The maximum Gasteiger partial charge on any atom is 0.316 e. The van der Waals surface area contributed by atoms with Crippen molar-refractivity contribution in [3.05, 3.63) is 0 Å². The summed E-state index contributed by atoms with van der Waals surface area (Å²) in [4.78, 5) is 24.2. The topological polar surface area (TPSA) is 52.6 Å². The zero-order valence-corrected chi connectivity index (χ0v) is 11.7. The summed E-state index contributed by atoms with van der Waals surface area (Å²) >= 11 is 0. The second-order valence-corrected chi connectivity index (χ2v) is 4.51. The smallest absolute Gasteiger partial charge is 0.316 e. The summed E-state index contributed by atoms with van der Waals surface area (Å²) in [6.45, 7) is 7.45. The zero-order chi connectivity index (χ0) is 13.6. The van der Waals surface area contributed by atoms with Crippen LogP contribution in [0.15, 0.2) is 0 Å². The molecule has 0 aromatic rings. The fourth-order valence-electron chi connectivity index (χ4n) is 2.08. The van der Waals surface area contributed by atoms with E-state index in [1.54, 1.807) is 0 Å². The number of carbonyl (C=O) groups excluding carboxylic acids is 2. The molecular formula is C13H24O4. The Kier molecular flexibility index (Phi) is 6.39. The van der Waals surface area contributed by atoms with Crippen molar-refractivity contribution in [1.29, 1.82) is 0 Å². The summed E-state index contributed by atoms with van der Waals surface area (Å²) in [7, 11) is 2.82. The lowest BCUT2D eigenvalue weighted by molar-refractivity contribution is -0.161. The van der Waals surface area contributed by atoms with Crippen LogP contribution in [0.4, 0.5) is 0 Å². The van der Waals surface area contributed by atoms with E-state index in [1.165, 1.54) is 14.2 Å². The van der Waals surface area contributed by atoms with E-state index >= 15 is 0 Å². The van der Waals surface area contributed by atoms with E-state index in [9.17, 15) is 9.59 Å². The first kappa shape index (κ1) is 16.1. The summed E-state index contributed by atoms with van der Waals surface area (Å²) in [6.07, 6.45) is 1.11. The number of Topliss-reactive ketones (excluding diaryl/α,β-unsaturated/α-hetero) is 1. The first-order chi connectivity index (χ1) is 7.90. The average molecular weight is 244 g/mol. The van der Waals surface area contributed by atoms with Gasteiger partial charge >= 0.3 is 5.97 Å². The molecule has 17 heavy (non-hydrogen) atoms. The number of hydrogen-bond acceptors (Lipinski definition) is 4. The number of carbonyl (C=O) groups is 2. The minimum Gasteiger partial charge on any atom is -0.468 e. The Morgan fingerprint density at radius 2 is 1.59 bits per heavy atom. The van der Waals surface area contributed by atoms with Gasteiger partial charge in [0.25, 0.3) is 0 Å². The molecule has 0 fully saturated rings. The molecule has 4 nitrogen and oxygen atoms in total. The Hall–Kier alpha value is -0.900. The predicted octanol–water partition coefficient (Wildman–Crippen LogP) is 2.21. The van der Waals surface area contributed by atoms with E-state index in [1.807, 2.05) is 27.7 Å². The van der Waals surface area contributed by atoms with Gasteiger partial charge in [-0.15, -0.1) is 0 Å². The third-order valence-electron chi connectivity index (χ3n) is 3.39. The molecule has 0 aliphatic carbocycles. The minimum absolute atomic E-state index is 0.0948. The Labute approximate surface area is 104 Å². The molecular weight excluding hydrogens is 220 g/mol. The van der Waals surface area contributed by atoms with E-state index < -0.39 is 17.5 Å². The largest absolute Gasteiger partial charge is 0.468 e. The van der Waals surface area contributed by atoms with E-state index in [4.69, 9.17) is 9.47 Å². The van der Waals surface area contributed by atoms with Gasteiger partial charge < -0.3 is 9.47 Å². The lowest BCUT2D eigenvalue weighted by atomic mass is 9.79. The first-order valence-electron chi connectivity index (χ1n) is 6.07. The molecule has 0 spiro atoms. The second kappa shape index (κ2) is 6.74. The van der Waals surface area contributed by atoms with Gasteiger partial charge in [0.05, 0.1) is 7.11 Å². The van der Waals surface area contributed by atoms with Crippen molar-refractivity contribution in [1.82, 2.24) is 0 Å². The van der Waals surface area contributed by atoms with Gasteiger partial charge in [0.2, 0.25) is 0 Å². The third-order valence-corrected chi connectivity index (χ3v) is 3.39. The van der Waals surface area contributed by atoms with Crippen molar-refractivity contribution < 1.29 is 19.1 Å². The molecule has 0 amide bonds. The van der Waals surface area contributed by atoms with Crippen LogP contribution in [0.1, 0.15) is 40.5 Å². The van der Waals surface area contributed by atoms with Gasteiger partial charge in [-0.3, -0.25) is 9.59 Å². The van der Waals surface area contributed by atoms with E-state index in [0.717, 1.165) is 0 Å². The van der Waals surface area contributed by atoms with Crippen molar-refractivity contribution in [3.63, 3.8) is 0 Å². The van der Waals surface area contributed by atoms with Gasteiger partial charge in [0.15, 0.2) is 5.78 Å². The van der Waals surface area contributed by atoms with Crippen molar-refractivity contribution in [2.75, 3.05) is 14.2 Å². The summed E-state index contributed by atoms with van der Waals surface area (Å²) < 4.78 is 10.1. The molecule has 0 radical (unpaired) electrons. The van der Waals surface area contributed by atoms with Crippen LogP contribution in [0.5, 0.6) is 0 Å². The molecule has 0 aromatic heterocycles. The Balaban J connectivity index is 5.26. The molecule has 100 valence electrons. The molecule has 0 heterocycles. The molecule has 0 rings (SSSR count). The summed E-state index contributed by atoms with van der Waals surface area (Å²) in [6, 6.07) is 0. The van der Waals surface area contributed by atoms with Gasteiger partial charge in [-0.05, 0) is 18.8 Å². The van der Waals surface area contributed by atoms with E-state index in [-0.39, 0.29) is 11.7 Å². The lowest BCUT2D eigenvalue weighted by Crippen LogP contribution is -2.47. The highest BCUT2D eigenvalue weighted by molar-refractivity contribution is 6.03. The highest BCUT2D eigenvalue weighted by Crippen LogP contribution is 2.28. The Morgan fingerprint density at radius 1 is 1.12 bits per heavy atom. The molecule has 0 aliphatic rings. The fraction of sp³-hybridized carbons (Fsp3) is 0.846. The Bertz CT molecular complexity index is 258. The van der Waals surface area contributed by atoms with E-state index in [2.05, 4.69) is 0 Å². The number of ether oxygens (including phenoxy) is 2. The summed E-state index contributed by atoms with van der Waals surface area (Å²) in [5.41, 5.74) is -0.872. The minimum atomic E-state index is -0.872. The van der Waals surface area contributed by atoms with Crippen LogP contribution in [-0.4, -0.2) is 31.6 Å².